The van der Waals surface area contributed by atoms with Crippen LogP contribution in [0.1, 0.15) is 27.2 Å². The van der Waals surface area contributed by atoms with Crippen molar-refractivity contribution in [3.05, 3.63) is 0 Å². The van der Waals surface area contributed by atoms with Gasteiger partial charge in [0.25, 0.3) is 0 Å². The number of ether oxygens (including phenoxy) is 2. The molecule has 0 heterocycles. The third-order valence-electron chi connectivity index (χ3n) is 2.20. The number of methoxy groups -OCH3 is 1. The molecule has 6 nitrogen and oxygen atoms in total. The van der Waals surface area contributed by atoms with E-state index in [4.69, 9.17) is 9.84 Å². The van der Waals surface area contributed by atoms with Crippen LogP contribution in [0.5, 0.6) is 0 Å². The van der Waals surface area contributed by atoms with Crippen LogP contribution in [0.15, 0.2) is 0 Å². The van der Waals surface area contributed by atoms with Gasteiger partial charge < -0.3 is 19.7 Å². The van der Waals surface area contributed by atoms with Crippen molar-refractivity contribution in [2.45, 2.75) is 45.0 Å². The van der Waals surface area contributed by atoms with Gasteiger partial charge in [-0.2, -0.15) is 0 Å². The molecule has 2 N–H and O–H groups in total. The largest absolute Gasteiger partial charge is 0.467 e. The van der Waals surface area contributed by atoms with Gasteiger partial charge in [-0.05, 0) is 20.3 Å². The van der Waals surface area contributed by atoms with Crippen LogP contribution in [-0.2, 0) is 19.1 Å². The van der Waals surface area contributed by atoms with E-state index in [2.05, 4.69) is 4.74 Å². The van der Waals surface area contributed by atoms with Gasteiger partial charge in [-0.15, -0.1) is 0 Å². The highest BCUT2D eigenvalue weighted by Crippen LogP contribution is 2.19. The monoisotopic (exact) mass is 234 g/mol. The first-order chi connectivity index (χ1) is 7.27. The van der Waals surface area contributed by atoms with Crippen LogP contribution >= 0.6 is 0 Å². The van der Waals surface area contributed by atoms with Gasteiger partial charge in [0.1, 0.15) is 12.2 Å². The van der Waals surface area contributed by atoms with Gasteiger partial charge in [-0.3, -0.25) is 0 Å². The van der Waals surface area contributed by atoms with Crippen molar-refractivity contribution in [3.63, 3.8) is 0 Å². The Morgan fingerprint density at radius 2 is 1.94 bits per heavy atom. The molecule has 3 unspecified atom stereocenters. The Morgan fingerprint density at radius 1 is 1.44 bits per heavy atom. The average molecular weight is 234 g/mol. The SMILES string of the molecule is CCC(OC(=O)C(C)O)C(C)(O)C(=O)OC. The lowest BCUT2D eigenvalue weighted by atomic mass is 9.97. The molecule has 0 bridgehead atoms. The topological polar surface area (TPSA) is 93.1 Å². The first-order valence-electron chi connectivity index (χ1n) is 4.96. The van der Waals surface area contributed by atoms with Crippen LogP contribution in [0.2, 0.25) is 0 Å². The fraction of sp³-hybridized carbons (Fsp3) is 0.800. The average Bonchev–Trinajstić information content (AvgIpc) is 2.23. The van der Waals surface area contributed by atoms with E-state index in [0.29, 0.717) is 0 Å². The Balaban J connectivity index is 4.72. The summed E-state index contributed by atoms with van der Waals surface area (Å²) in [6.07, 6.45) is -2.13. The summed E-state index contributed by atoms with van der Waals surface area (Å²) < 4.78 is 9.21. The summed E-state index contributed by atoms with van der Waals surface area (Å²) in [5, 5.41) is 18.8. The Kier molecular flexibility index (Phi) is 5.40. The quantitative estimate of drug-likeness (QED) is 0.629. The third-order valence-corrected chi connectivity index (χ3v) is 2.20. The molecule has 0 aromatic rings. The van der Waals surface area contributed by atoms with E-state index in [-0.39, 0.29) is 6.42 Å². The van der Waals surface area contributed by atoms with Crippen molar-refractivity contribution in [3.8, 4) is 0 Å². The minimum absolute atomic E-state index is 0.223. The summed E-state index contributed by atoms with van der Waals surface area (Å²) in [6, 6.07) is 0. The lowest BCUT2D eigenvalue weighted by Gasteiger charge is -2.29. The Morgan fingerprint density at radius 3 is 2.25 bits per heavy atom. The van der Waals surface area contributed by atoms with Crippen LogP contribution in [0, 0.1) is 0 Å². The third kappa shape index (κ3) is 3.46. The van der Waals surface area contributed by atoms with Crippen molar-refractivity contribution in [2.24, 2.45) is 0 Å². The van der Waals surface area contributed by atoms with E-state index < -0.39 is 29.7 Å². The van der Waals surface area contributed by atoms with Crippen molar-refractivity contribution >= 4 is 11.9 Å². The zero-order valence-corrected chi connectivity index (χ0v) is 9.89. The van der Waals surface area contributed by atoms with Crippen LogP contribution in [0.3, 0.4) is 0 Å². The van der Waals surface area contributed by atoms with Gasteiger partial charge in [-0.1, -0.05) is 6.92 Å². The number of aliphatic hydroxyl groups excluding tert-OH is 1. The summed E-state index contributed by atoms with van der Waals surface area (Å²) in [4.78, 5) is 22.4. The number of aliphatic hydroxyl groups is 2. The Bertz CT molecular complexity index is 258. The number of hydrogen-bond acceptors (Lipinski definition) is 6. The summed E-state index contributed by atoms with van der Waals surface area (Å²) >= 11 is 0. The summed E-state index contributed by atoms with van der Waals surface area (Å²) in [5.74, 6) is -1.78. The second-order valence-corrected chi connectivity index (χ2v) is 3.65. The van der Waals surface area contributed by atoms with E-state index in [0.717, 1.165) is 7.11 Å². The maximum Gasteiger partial charge on any atom is 0.341 e. The lowest BCUT2D eigenvalue weighted by molar-refractivity contribution is -0.187. The molecule has 0 aliphatic rings. The summed E-state index contributed by atoms with van der Waals surface area (Å²) in [6.45, 7) is 4.07. The highest BCUT2D eigenvalue weighted by Gasteiger charge is 2.42. The van der Waals surface area contributed by atoms with E-state index in [1.165, 1.54) is 13.8 Å². The van der Waals surface area contributed by atoms with Crippen molar-refractivity contribution in [1.29, 1.82) is 0 Å². The lowest BCUT2D eigenvalue weighted by Crippen LogP contribution is -2.50. The van der Waals surface area contributed by atoms with E-state index >= 15 is 0 Å². The molecule has 3 atom stereocenters. The maximum atomic E-state index is 11.3. The highest BCUT2D eigenvalue weighted by molar-refractivity contribution is 5.80. The summed E-state index contributed by atoms with van der Waals surface area (Å²) in [7, 11) is 1.13. The van der Waals surface area contributed by atoms with Gasteiger partial charge in [0.05, 0.1) is 7.11 Å². The van der Waals surface area contributed by atoms with E-state index in [1.807, 2.05) is 0 Å². The minimum Gasteiger partial charge on any atom is -0.467 e. The van der Waals surface area contributed by atoms with Crippen LogP contribution < -0.4 is 0 Å². The molecule has 94 valence electrons. The number of carbonyl (C=O) groups is 2. The second-order valence-electron chi connectivity index (χ2n) is 3.65. The molecule has 0 fully saturated rings. The van der Waals surface area contributed by atoms with E-state index in [1.54, 1.807) is 6.92 Å². The Labute approximate surface area is 94.2 Å². The van der Waals surface area contributed by atoms with Crippen molar-refractivity contribution < 1.29 is 29.3 Å². The molecule has 0 amide bonds. The molecule has 16 heavy (non-hydrogen) atoms. The number of esters is 2. The molecule has 0 aliphatic heterocycles. The van der Waals surface area contributed by atoms with Gasteiger partial charge in [0, 0.05) is 0 Å². The molecule has 0 radical (unpaired) electrons. The predicted octanol–water partition coefficient (Wildman–Crippen LogP) is -0.387. The molecule has 0 spiro atoms. The van der Waals surface area contributed by atoms with Crippen LogP contribution in [0.25, 0.3) is 0 Å². The van der Waals surface area contributed by atoms with Crippen LogP contribution in [0.4, 0.5) is 0 Å². The van der Waals surface area contributed by atoms with Crippen molar-refractivity contribution in [2.75, 3.05) is 7.11 Å². The smallest absolute Gasteiger partial charge is 0.341 e. The van der Waals surface area contributed by atoms with Gasteiger partial charge in [0.2, 0.25) is 0 Å². The molecule has 0 aliphatic carbocycles. The summed E-state index contributed by atoms with van der Waals surface area (Å²) in [5.41, 5.74) is -1.92. The second kappa shape index (κ2) is 5.81. The normalized spacial score (nSPS) is 18.1. The number of carbonyl (C=O) groups excluding carboxylic acids is 2. The first kappa shape index (κ1) is 14.9. The fourth-order valence-electron chi connectivity index (χ4n) is 1.17. The molecule has 0 aromatic carbocycles. The standard InChI is InChI=1S/C10H18O6/c1-5-7(16-8(12)6(2)11)10(3,14)9(13)15-4/h6-7,11,14H,5H2,1-4H3. The molecular formula is C10H18O6. The maximum absolute atomic E-state index is 11.3. The van der Waals surface area contributed by atoms with E-state index in [9.17, 15) is 14.7 Å². The molecular weight excluding hydrogens is 216 g/mol. The molecule has 6 heteroatoms. The van der Waals surface area contributed by atoms with Crippen molar-refractivity contribution in [1.82, 2.24) is 0 Å². The highest BCUT2D eigenvalue weighted by atomic mass is 16.6. The first-order valence-corrected chi connectivity index (χ1v) is 4.96. The van der Waals surface area contributed by atoms with Gasteiger partial charge in [0.15, 0.2) is 5.60 Å². The minimum atomic E-state index is -1.92. The zero-order valence-electron chi connectivity index (χ0n) is 9.89. The number of hydrogen-bond donors (Lipinski definition) is 2. The molecule has 0 rings (SSSR count). The Hall–Kier alpha value is -1.14. The van der Waals surface area contributed by atoms with Gasteiger partial charge in [-0.25, -0.2) is 9.59 Å². The zero-order chi connectivity index (χ0) is 12.9. The van der Waals surface area contributed by atoms with Crippen LogP contribution in [-0.4, -0.2) is 47.1 Å². The van der Waals surface area contributed by atoms with Gasteiger partial charge >= 0.3 is 11.9 Å². The number of rotatable bonds is 5. The molecule has 0 saturated carbocycles. The fourth-order valence-corrected chi connectivity index (χ4v) is 1.17. The predicted molar refractivity (Wildman–Crippen MR) is 54.5 cm³/mol. The molecule has 0 saturated heterocycles. The molecule has 0 aromatic heterocycles.